The van der Waals surface area contributed by atoms with Crippen LogP contribution >= 0.6 is 34.8 Å². The molecule has 0 amide bonds. The highest BCUT2D eigenvalue weighted by molar-refractivity contribution is 6.69. The van der Waals surface area contributed by atoms with E-state index in [1.54, 1.807) is 0 Å². The van der Waals surface area contributed by atoms with E-state index in [1.165, 1.54) is 0 Å². The molecular formula is C6H4Cl3F3O2. The highest BCUT2D eigenvalue weighted by Crippen LogP contribution is 2.40. The number of carboxylic acid groups (broad SMARTS) is 1. The molecule has 0 atom stereocenters. The second-order valence-corrected chi connectivity index (χ2v) is 4.58. The van der Waals surface area contributed by atoms with Gasteiger partial charge >= 0.3 is 12.1 Å². The van der Waals surface area contributed by atoms with Crippen molar-refractivity contribution in [2.24, 2.45) is 0 Å². The van der Waals surface area contributed by atoms with Crippen LogP contribution in [0.2, 0.25) is 0 Å². The summed E-state index contributed by atoms with van der Waals surface area (Å²) in [6.45, 7) is 0.796. The van der Waals surface area contributed by atoms with Gasteiger partial charge in [-0.15, -0.1) is 0 Å². The van der Waals surface area contributed by atoms with Crippen LogP contribution < -0.4 is 0 Å². The molecule has 82 valence electrons. The second-order valence-electron chi connectivity index (χ2n) is 2.30. The first-order chi connectivity index (χ1) is 5.98. The van der Waals surface area contributed by atoms with Crippen LogP contribution in [0.25, 0.3) is 0 Å². The van der Waals surface area contributed by atoms with E-state index in [0.717, 1.165) is 6.92 Å². The maximum atomic E-state index is 12.1. The number of aliphatic carboxylic acids is 1. The summed E-state index contributed by atoms with van der Waals surface area (Å²) < 4.78 is 34.0. The van der Waals surface area contributed by atoms with Crippen LogP contribution in [-0.2, 0) is 4.79 Å². The van der Waals surface area contributed by atoms with E-state index >= 15 is 0 Å². The fraction of sp³-hybridized carbons (Fsp3) is 0.500. The first-order valence-electron chi connectivity index (χ1n) is 3.06. The molecule has 0 radical (unpaired) electrons. The first-order valence-corrected chi connectivity index (χ1v) is 4.20. The highest BCUT2D eigenvalue weighted by Gasteiger charge is 2.44. The van der Waals surface area contributed by atoms with Gasteiger partial charge in [0, 0.05) is 0 Å². The molecule has 2 nitrogen and oxygen atoms in total. The molecular weight excluding hydrogens is 267 g/mol. The largest absolute Gasteiger partial charge is 0.478 e. The number of carbonyl (C=O) groups is 1. The zero-order valence-electron chi connectivity index (χ0n) is 6.62. The van der Waals surface area contributed by atoms with Gasteiger partial charge in [0.2, 0.25) is 3.79 Å². The lowest BCUT2D eigenvalue weighted by atomic mass is 10.1. The zero-order chi connectivity index (χ0) is 11.7. The fourth-order valence-electron chi connectivity index (χ4n) is 0.636. The van der Waals surface area contributed by atoms with Crippen molar-refractivity contribution >= 4 is 40.8 Å². The van der Waals surface area contributed by atoms with Gasteiger partial charge < -0.3 is 5.11 Å². The van der Waals surface area contributed by atoms with Crippen molar-refractivity contribution in [2.75, 3.05) is 0 Å². The molecule has 0 bridgehead atoms. The molecule has 0 aromatic heterocycles. The number of alkyl halides is 6. The molecule has 0 aliphatic rings. The minimum atomic E-state index is -5.06. The molecule has 0 fully saturated rings. The van der Waals surface area contributed by atoms with E-state index in [4.69, 9.17) is 39.9 Å². The van der Waals surface area contributed by atoms with E-state index in [9.17, 15) is 18.0 Å². The number of carboxylic acids is 1. The Balaban J connectivity index is 5.53. The van der Waals surface area contributed by atoms with Crippen LogP contribution in [0.1, 0.15) is 6.92 Å². The van der Waals surface area contributed by atoms with Crippen LogP contribution in [0.5, 0.6) is 0 Å². The Kier molecular flexibility index (Phi) is 4.12. The Morgan fingerprint density at radius 2 is 1.57 bits per heavy atom. The van der Waals surface area contributed by atoms with Crippen LogP contribution in [0, 0.1) is 0 Å². The quantitative estimate of drug-likeness (QED) is 0.587. The minimum Gasteiger partial charge on any atom is -0.478 e. The lowest BCUT2D eigenvalue weighted by Gasteiger charge is -2.17. The van der Waals surface area contributed by atoms with E-state index in [1.807, 2.05) is 0 Å². The Labute approximate surface area is 92.2 Å². The molecule has 0 aromatic rings. The van der Waals surface area contributed by atoms with Crippen molar-refractivity contribution in [3.63, 3.8) is 0 Å². The van der Waals surface area contributed by atoms with E-state index in [-0.39, 0.29) is 0 Å². The molecule has 0 spiro atoms. The van der Waals surface area contributed by atoms with E-state index in [0.29, 0.717) is 0 Å². The van der Waals surface area contributed by atoms with Gasteiger partial charge in [0.1, 0.15) is 5.57 Å². The number of hydrogen-bond acceptors (Lipinski definition) is 1. The van der Waals surface area contributed by atoms with Gasteiger partial charge in [0.25, 0.3) is 0 Å². The summed E-state index contributed by atoms with van der Waals surface area (Å²) in [6, 6.07) is 0. The van der Waals surface area contributed by atoms with Crippen molar-refractivity contribution in [1.29, 1.82) is 0 Å². The van der Waals surface area contributed by atoms with Gasteiger partial charge in [0.15, 0.2) is 0 Å². The topological polar surface area (TPSA) is 37.3 Å². The van der Waals surface area contributed by atoms with Crippen molar-refractivity contribution in [3.05, 3.63) is 11.1 Å². The average Bonchev–Trinajstić information content (AvgIpc) is 1.79. The highest BCUT2D eigenvalue weighted by atomic mass is 35.6. The summed E-state index contributed by atoms with van der Waals surface area (Å²) in [5.41, 5.74) is -2.74. The molecule has 0 aromatic carbocycles. The average molecular weight is 271 g/mol. The molecule has 0 rings (SSSR count). The number of hydrogen-bond donors (Lipinski definition) is 1. The second kappa shape index (κ2) is 4.16. The maximum Gasteiger partial charge on any atom is 0.423 e. The zero-order valence-corrected chi connectivity index (χ0v) is 8.89. The Hall–Kier alpha value is -0.130. The summed E-state index contributed by atoms with van der Waals surface area (Å²) in [4.78, 5) is 10.3. The minimum absolute atomic E-state index is 0.796. The van der Waals surface area contributed by atoms with Gasteiger partial charge in [-0.3, -0.25) is 0 Å². The molecule has 0 aliphatic carbocycles. The van der Waals surface area contributed by atoms with Crippen LogP contribution in [-0.4, -0.2) is 21.0 Å². The van der Waals surface area contributed by atoms with Crippen molar-refractivity contribution in [2.45, 2.75) is 16.9 Å². The van der Waals surface area contributed by atoms with Gasteiger partial charge in [-0.25, -0.2) is 4.79 Å². The first kappa shape index (κ1) is 13.9. The fourth-order valence-corrected chi connectivity index (χ4v) is 0.919. The van der Waals surface area contributed by atoms with Gasteiger partial charge in [-0.05, 0) is 12.5 Å². The molecule has 14 heavy (non-hydrogen) atoms. The van der Waals surface area contributed by atoms with Crippen LogP contribution in [0.4, 0.5) is 13.2 Å². The third-order valence-electron chi connectivity index (χ3n) is 1.30. The summed E-state index contributed by atoms with van der Waals surface area (Å²) >= 11 is 15.4. The van der Waals surface area contributed by atoms with E-state index < -0.39 is 27.1 Å². The molecule has 0 aliphatic heterocycles. The molecule has 8 heteroatoms. The van der Waals surface area contributed by atoms with Crippen molar-refractivity contribution in [3.8, 4) is 0 Å². The Morgan fingerprint density at radius 1 is 1.21 bits per heavy atom. The van der Waals surface area contributed by atoms with Gasteiger partial charge in [-0.2, -0.15) is 13.2 Å². The predicted octanol–water partition coefficient (Wildman–Crippen LogP) is 3.32. The van der Waals surface area contributed by atoms with Crippen molar-refractivity contribution < 1.29 is 23.1 Å². The molecule has 0 heterocycles. The predicted molar refractivity (Wildman–Crippen MR) is 46.7 cm³/mol. The third kappa shape index (κ3) is 3.55. The molecule has 1 N–H and O–H groups in total. The SMILES string of the molecule is C/C(=C(/C(=O)O)C(F)(F)F)C(Cl)(Cl)Cl. The summed E-state index contributed by atoms with van der Waals surface area (Å²) in [5, 5.41) is 8.29. The van der Waals surface area contributed by atoms with E-state index in [2.05, 4.69) is 0 Å². The van der Waals surface area contributed by atoms with Gasteiger partial charge in [0.05, 0.1) is 0 Å². The standard InChI is InChI=1S/C6H4Cl3F3O2/c1-2(5(7,8)9)3(4(13)14)6(10,11)12/h1H3,(H,13,14)/b3-2+. The summed E-state index contributed by atoms with van der Waals surface area (Å²) in [5.74, 6) is -2.18. The lowest BCUT2D eigenvalue weighted by Crippen LogP contribution is -2.25. The van der Waals surface area contributed by atoms with Crippen LogP contribution in [0.15, 0.2) is 11.1 Å². The number of allylic oxidation sites excluding steroid dienone is 1. The number of rotatable bonds is 1. The Morgan fingerprint density at radius 3 is 1.64 bits per heavy atom. The normalized spacial score (nSPS) is 15.1. The number of halogens is 6. The van der Waals surface area contributed by atoms with Gasteiger partial charge in [-0.1, -0.05) is 34.8 Å². The smallest absolute Gasteiger partial charge is 0.423 e. The third-order valence-corrected chi connectivity index (χ3v) is 2.15. The van der Waals surface area contributed by atoms with Crippen LogP contribution in [0.3, 0.4) is 0 Å². The lowest BCUT2D eigenvalue weighted by molar-refractivity contribution is -0.145. The molecule has 0 saturated heterocycles. The summed E-state index contributed by atoms with van der Waals surface area (Å²) in [7, 11) is 0. The van der Waals surface area contributed by atoms with Crippen molar-refractivity contribution in [1.82, 2.24) is 0 Å². The molecule has 0 saturated carbocycles. The Bertz CT molecular complexity index is 277. The monoisotopic (exact) mass is 270 g/mol. The summed E-state index contributed by atoms with van der Waals surface area (Å²) in [6.07, 6.45) is -5.06. The maximum absolute atomic E-state index is 12.1. The molecule has 0 unspecified atom stereocenters.